The molecule has 2 unspecified atom stereocenters. The third kappa shape index (κ3) is 6.81. The van der Waals surface area contributed by atoms with Gasteiger partial charge in [0.05, 0.1) is 18.3 Å². The third-order valence-electron chi connectivity index (χ3n) is 6.42. The van der Waals surface area contributed by atoms with Crippen LogP contribution in [0.5, 0.6) is 0 Å². The van der Waals surface area contributed by atoms with Gasteiger partial charge in [0.15, 0.2) is 5.79 Å². The average Bonchev–Trinajstić information content (AvgIpc) is 2.89. The fraction of sp³-hybridized carbons (Fsp3) is 0.913. The second kappa shape index (κ2) is 11.7. The van der Waals surface area contributed by atoms with Crippen LogP contribution in [0, 0.1) is 0 Å². The highest BCUT2D eigenvalue weighted by molar-refractivity contribution is 5.07. The topological polar surface area (TPSA) is 90.2 Å². The molecule has 5 atom stereocenters. The summed E-state index contributed by atoms with van der Waals surface area (Å²) in [6, 6.07) is 0. The first-order chi connectivity index (χ1) is 13.4. The summed E-state index contributed by atoms with van der Waals surface area (Å²) in [4.78, 5) is 0. The van der Waals surface area contributed by atoms with Crippen molar-refractivity contribution < 1.29 is 25.2 Å². The molecule has 1 saturated heterocycles. The molecule has 28 heavy (non-hydrogen) atoms. The van der Waals surface area contributed by atoms with Crippen LogP contribution in [0.25, 0.3) is 0 Å². The lowest BCUT2D eigenvalue weighted by Gasteiger charge is -2.44. The molecule has 1 heterocycles. The van der Waals surface area contributed by atoms with Gasteiger partial charge >= 0.3 is 0 Å². The molecule has 1 saturated carbocycles. The van der Waals surface area contributed by atoms with Gasteiger partial charge in [0.25, 0.3) is 0 Å². The van der Waals surface area contributed by atoms with E-state index < -0.39 is 23.6 Å². The SMILES string of the molecule is CCCCCC/C=C\CCCCCCC[C@H]1CC2(O)C[C@H](O)[C@H](O)CC2(O)O1. The maximum Gasteiger partial charge on any atom is 0.197 e. The Morgan fingerprint density at radius 3 is 2.04 bits per heavy atom. The molecule has 0 bridgehead atoms. The van der Waals surface area contributed by atoms with E-state index in [-0.39, 0.29) is 18.9 Å². The van der Waals surface area contributed by atoms with E-state index in [4.69, 9.17) is 4.74 Å². The van der Waals surface area contributed by atoms with Crippen molar-refractivity contribution in [2.75, 3.05) is 0 Å². The van der Waals surface area contributed by atoms with Crippen LogP contribution < -0.4 is 0 Å². The van der Waals surface area contributed by atoms with Crippen LogP contribution in [-0.4, -0.2) is 50.1 Å². The molecule has 0 amide bonds. The first-order valence-corrected chi connectivity index (χ1v) is 11.5. The largest absolute Gasteiger partial charge is 0.390 e. The number of ether oxygens (including phenoxy) is 1. The number of aliphatic hydroxyl groups is 4. The highest BCUT2D eigenvalue weighted by Gasteiger charge is 2.62. The summed E-state index contributed by atoms with van der Waals surface area (Å²) >= 11 is 0. The molecule has 5 heteroatoms. The number of hydrogen-bond acceptors (Lipinski definition) is 5. The average molecular weight is 399 g/mol. The molecule has 1 aliphatic carbocycles. The van der Waals surface area contributed by atoms with E-state index in [0.29, 0.717) is 6.42 Å². The molecule has 2 fully saturated rings. The number of fused-ring (bicyclic) bond motifs is 1. The van der Waals surface area contributed by atoms with Gasteiger partial charge in [-0.15, -0.1) is 0 Å². The summed E-state index contributed by atoms with van der Waals surface area (Å²) in [5, 5.41) is 40.9. The van der Waals surface area contributed by atoms with Crippen LogP contribution >= 0.6 is 0 Å². The molecular weight excluding hydrogens is 356 g/mol. The summed E-state index contributed by atoms with van der Waals surface area (Å²) in [5.74, 6) is -1.72. The standard InChI is InChI=1S/C23H42O5/c1-2-3-4-5-6-7-8-9-10-11-12-13-14-15-19-16-22(26)17-20(24)21(25)18-23(22,27)28-19/h7-8,19-21,24-27H,2-6,9-18H2,1H3/b8-7-/t19-,20-,21+,22?,23?/m0/s1. The molecule has 0 aromatic heterocycles. The zero-order chi connectivity index (χ0) is 20.5. The molecule has 0 spiro atoms. The fourth-order valence-electron chi connectivity index (χ4n) is 4.60. The van der Waals surface area contributed by atoms with Crippen molar-refractivity contribution in [3.63, 3.8) is 0 Å². The van der Waals surface area contributed by atoms with E-state index in [1.165, 1.54) is 57.8 Å². The van der Waals surface area contributed by atoms with Crippen LogP contribution in [0.15, 0.2) is 12.2 Å². The highest BCUT2D eigenvalue weighted by Crippen LogP contribution is 2.48. The second-order valence-corrected chi connectivity index (χ2v) is 8.97. The number of rotatable bonds is 13. The summed E-state index contributed by atoms with van der Waals surface area (Å²) in [6.45, 7) is 2.24. The summed E-state index contributed by atoms with van der Waals surface area (Å²) in [7, 11) is 0. The Balaban J connectivity index is 1.50. The highest BCUT2D eigenvalue weighted by atomic mass is 16.7. The van der Waals surface area contributed by atoms with Crippen LogP contribution in [-0.2, 0) is 4.74 Å². The lowest BCUT2D eigenvalue weighted by Crippen LogP contribution is -2.60. The molecular formula is C23H42O5. The quantitative estimate of drug-likeness (QED) is 0.278. The third-order valence-corrected chi connectivity index (χ3v) is 6.42. The minimum atomic E-state index is -1.72. The maximum absolute atomic E-state index is 10.7. The van der Waals surface area contributed by atoms with Crippen molar-refractivity contribution in [3.8, 4) is 0 Å². The van der Waals surface area contributed by atoms with Gasteiger partial charge in [0.2, 0.25) is 0 Å². The van der Waals surface area contributed by atoms with Crippen molar-refractivity contribution >= 4 is 0 Å². The van der Waals surface area contributed by atoms with Crippen molar-refractivity contribution in [3.05, 3.63) is 12.2 Å². The van der Waals surface area contributed by atoms with Crippen molar-refractivity contribution in [2.24, 2.45) is 0 Å². The number of allylic oxidation sites excluding steroid dienone is 2. The van der Waals surface area contributed by atoms with Crippen molar-refractivity contribution in [1.82, 2.24) is 0 Å². The predicted octanol–water partition coefficient (Wildman–Crippen LogP) is 3.97. The lowest BCUT2D eigenvalue weighted by atomic mass is 9.75. The molecule has 4 N–H and O–H groups in total. The Morgan fingerprint density at radius 2 is 1.36 bits per heavy atom. The van der Waals surface area contributed by atoms with E-state index in [9.17, 15) is 20.4 Å². The van der Waals surface area contributed by atoms with Gasteiger partial charge < -0.3 is 25.2 Å². The smallest absolute Gasteiger partial charge is 0.197 e. The monoisotopic (exact) mass is 398 g/mol. The Morgan fingerprint density at radius 1 is 0.786 bits per heavy atom. The fourth-order valence-corrected chi connectivity index (χ4v) is 4.60. The van der Waals surface area contributed by atoms with Crippen molar-refractivity contribution in [1.29, 1.82) is 0 Å². The Labute approximate surface area is 170 Å². The van der Waals surface area contributed by atoms with Gasteiger partial charge in [-0.05, 0) is 32.1 Å². The van der Waals surface area contributed by atoms with Gasteiger partial charge in [-0.3, -0.25) is 0 Å². The van der Waals surface area contributed by atoms with Gasteiger partial charge in [0.1, 0.15) is 5.60 Å². The lowest BCUT2D eigenvalue weighted by molar-refractivity contribution is -0.303. The molecule has 2 rings (SSSR count). The second-order valence-electron chi connectivity index (χ2n) is 8.97. The first-order valence-electron chi connectivity index (χ1n) is 11.5. The van der Waals surface area contributed by atoms with Crippen molar-refractivity contribution in [2.45, 2.75) is 133 Å². The summed E-state index contributed by atoms with van der Waals surface area (Å²) in [6.07, 6.45) is 16.9. The number of hydrogen-bond donors (Lipinski definition) is 4. The molecule has 0 aromatic carbocycles. The van der Waals surface area contributed by atoms with E-state index in [0.717, 1.165) is 19.3 Å². The summed E-state index contributed by atoms with van der Waals surface area (Å²) in [5.41, 5.74) is -1.45. The molecule has 0 aromatic rings. The Bertz CT molecular complexity index is 444. The van der Waals surface area contributed by atoms with E-state index in [1.807, 2.05) is 0 Å². The van der Waals surface area contributed by atoms with Crippen LogP contribution in [0.2, 0.25) is 0 Å². The van der Waals surface area contributed by atoms with E-state index in [1.54, 1.807) is 0 Å². The zero-order valence-corrected chi connectivity index (χ0v) is 17.7. The molecule has 2 aliphatic rings. The van der Waals surface area contributed by atoms with Crippen LogP contribution in [0.3, 0.4) is 0 Å². The predicted molar refractivity (Wildman–Crippen MR) is 111 cm³/mol. The number of unbranched alkanes of at least 4 members (excludes halogenated alkanes) is 9. The van der Waals surface area contributed by atoms with E-state index >= 15 is 0 Å². The normalized spacial score (nSPS) is 35.5. The van der Waals surface area contributed by atoms with E-state index in [2.05, 4.69) is 19.1 Å². The number of aliphatic hydroxyl groups excluding tert-OH is 2. The van der Waals surface area contributed by atoms with Crippen LogP contribution in [0.4, 0.5) is 0 Å². The molecule has 0 radical (unpaired) electrons. The molecule has 5 nitrogen and oxygen atoms in total. The Kier molecular flexibility index (Phi) is 9.91. The van der Waals surface area contributed by atoms with Gasteiger partial charge in [-0.1, -0.05) is 64.0 Å². The minimum absolute atomic E-state index is 0.0344. The van der Waals surface area contributed by atoms with Crippen LogP contribution in [0.1, 0.15) is 103 Å². The zero-order valence-electron chi connectivity index (χ0n) is 17.7. The van der Waals surface area contributed by atoms with Gasteiger partial charge in [0, 0.05) is 19.3 Å². The molecule has 164 valence electrons. The first kappa shape index (κ1) is 23.8. The minimum Gasteiger partial charge on any atom is -0.390 e. The molecule has 1 aliphatic heterocycles. The van der Waals surface area contributed by atoms with Gasteiger partial charge in [-0.25, -0.2) is 0 Å². The maximum atomic E-state index is 10.7. The Hall–Kier alpha value is -0.460. The van der Waals surface area contributed by atoms with Gasteiger partial charge in [-0.2, -0.15) is 0 Å². The summed E-state index contributed by atoms with van der Waals surface area (Å²) < 4.78 is 5.71.